The predicted octanol–water partition coefficient (Wildman–Crippen LogP) is 4.44. The molecule has 8 heteroatoms. The van der Waals surface area contributed by atoms with E-state index in [0.29, 0.717) is 27.2 Å². The van der Waals surface area contributed by atoms with Crippen LogP contribution in [0.25, 0.3) is 0 Å². The number of hydrogen-bond donors (Lipinski definition) is 1. The summed E-state index contributed by atoms with van der Waals surface area (Å²) in [6, 6.07) is 11.3. The van der Waals surface area contributed by atoms with Crippen molar-refractivity contribution in [3.63, 3.8) is 0 Å². The van der Waals surface area contributed by atoms with Gasteiger partial charge in [-0.05, 0) is 30.3 Å². The molecule has 0 aromatic heterocycles. The van der Waals surface area contributed by atoms with Gasteiger partial charge >= 0.3 is 0 Å². The van der Waals surface area contributed by atoms with Crippen molar-refractivity contribution in [2.75, 3.05) is 17.3 Å². The summed E-state index contributed by atoms with van der Waals surface area (Å²) in [6.07, 6.45) is 0. The average Bonchev–Trinajstić information content (AvgIpc) is 2.77. The van der Waals surface area contributed by atoms with Crippen LogP contribution in [0.4, 0.5) is 11.4 Å². The second kappa shape index (κ2) is 6.96. The van der Waals surface area contributed by atoms with Crippen molar-refractivity contribution in [3.05, 3.63) is 63.2 Å². The molecule has 0 bridgehead atoms. The first-order valence-electron chi connectivity index (χ1n) is 7.07. The van der Waals surface area contributed by atoms with Crippen molar-refractivity contribution in [1.29, 1.82) is 0 Å². The van der Waals surface area contributed by atoms with Gasteiger partial charge in [0.15, 0.2) is 0 Å². The van der Waals surface area contributed by atoms with Gasteiger partial charge in [-0.25, -0.2) is 4.90 Å². The minimum absolute atomic E-state index is 0.0593. The van der Waals surface area contributed by atoms with Crippen LogP contribution in [-0.4, -0.2) is 18.9 Å². The fraction of sp³-hybridized carbons (Fsp3) is 0.0588. The summed E-state index contributed by atoms with van der Waals surface area (Å²) in [4.78, 5) is 26.2. The number of carbonyl (C=O) groups excluding carboxylic acids is 2. The first-order valence-corrected chi connectivity index (χ1v) is 8.20. The normalized spacial score (nSPS) is 14.3. The molecule has 0 radical (unpaired) electrons. The summed E-state index contributed by atoms with van der Waals surface area (Å²) in [5.74, 6) is -0.872. The maximum absolute atomic E-state index is 12.7. The lowest BCUT2D eigenvalue weighted by Crippen LogP contribution is -2.32. The quantitative estimate of drug-likeness (QED) is 0.775. The smallest absolute Gasteiger partial charge is 0.283 e. The average molecular weight is 398 g/mol. The molecule has 0 spiro atoms. The topological polar surface area (TPSA) is 58.6 Å². The monoisotopic (exact) mass is 396 g/mol. The Morgan fingerprint density at radius 2 is 1.60 bits per heavy atom. The van der Waals surface area contributed by atoms with Gasteiger partial charge in [-0.3, -0.25) is 9.59 Å². The number of nitrogens with one attached hydrogen (secondary N) is 1. The highest BCUT2D eigenvalue weighted by Gasteiger charge is 2.40. The molecule has 128 valence electrons. The molecule has 1 N–H and O–H groups in total. The number of methoxy groups -OCH3 is 1. The number of para-hydroxylation sites is 2. The third-order valence-corrected chi connectivity index (χ3v) is 4.27. The third-order valence-electron chi connectivity index (χ3n) is 3.49. The molecule has 0 unspecified atom stereocenters. The molecule has 0 aliphatic carbocycles. The molecule has 25 heavy (non-hydrogen) atoms. The summed E-state index contributed by atoms with van der Waals surface area (Å²) in [5, 5.41) is 3.35. The number of ether oxygens (including phenoxy) is 1. The number of nitrogens with zero attached hydrogens (tertiary/aromatic N) is 1. The van der Waals surface area contributed by atoms with E-state index >= 15 is 0 Å². The Morgan fingerprint density at radius 3 is 2.24 bits per heavy atom. The van der Waals surface area contributed by atoms with E-state index in [1.807, 2.05) is 0 Å². The molecular formula is C17H11Cl3N2O3. The van der Waals surface area contributed by atoms with Crippen molar-refractivity contribution in [1.82, 2.24) is 0 Å². The number of imide groups is 1. The third kappa shape index (κ3) is 3.31. The Bertz CT molecular complexity index is 892. The van der Waals surface area contributed by atoms with Gasteiger partial charge in [0.25, 0.3) is 11.8 Å². The number of rotatable bonds is 4. The largest absolute Gasteiger partial charge is 0.495 e. The summed E-state index contributed by atoms with van der Waals surface area (Å²) in [5.41, 5.74) is 0.684. The van der Waals surface area contributed by atoms with E-state index in [-0.39, 0.29) is 10.7 Å². The molecule has 1 aliphatic rings. The van der Waals surface area contributed by atoms with Gasteiger partial charge in [-0.15, -0.1) is 0 Å². The van der Waals surface area contributed by atoms with Crippen molar-refractivity contribution in [2.45, 2.75) is 0 Å². The first-order chi connectivity index (χ1) is 11.9. The predicted molar refractivity (Wildman–Crippen MR) is 98.5 cm³/mol. The zero-order chi connectivity index (χ0) is 18.1. The number of anilines is 2. The lowest BCUT2D eigenvalue weighted by molar-refractivity contribution is -0.120. The molecule has 2 aromatic carbocycles. The second-order valence-electron chi connectivity index (χ2n) is 5.09. The minimum Gasteiger partial charge on any atom is -0.495 e. The molecule has 2 amide bonds. The van der Waals surface area contributed by atoms with Crippen LogP contribution in [0.1, 0.15) is 0 Å². The molecular weight excluding hydrogens is 387 g/mol. The van der Waals surface area contributed by atoms with Crippen LogP contribution in [0.15, 0.2) is 53.2 Å². The standard InChI is InChI=1S/C17H11Cl3N2O3/c1-25-13-5-3-2-4-12(13)22-16(23)14(20)15(17(22)24)21-11-7-9(18)6-10(19)8-11/h2-8,21H,1H3. The van der Waals surface area contributed by atoms with Gasteiger partial charge in [0, 0.05) is 15.7 Å². The van der Waals surface area contributed by atoms with E-state index < -0.39 is 11.8 Å². The van der Waals surface area contributed by atoms with E-state index in [1.165, 1.54) is 7.11 Å². The van der Waals surface area contributed by atoms with Gasteiger partial charge in [0.1, 0.15) is 16.5 Å². The summed E-state index contributed by atoms with van der Waals surface area (Å²) in [6.45, 7) is 0. The highest BCUT2D eigenvalue weighted by molar-refractivity contribution is 6.53. The van der Waals surface area contributed by atoms with Gasteiger partial charge in [-0.1, -0.05) is 46.9 Å². The van der Waals surface area contributed by atoms with Gasteiger partial charge in [0.05, 0.1) is 12.8 Å². The van der Waals surface area contributed by atoms with Crippen LogP contribution in [0, 0.1) is 0 Å². The summed E-state index contributed by atoms with van der Waals surface area (Å²) < 4.78 is 5.21. The molecule has 1 aliphatic heterocycles. The fourth-order valence-corrected chi connectivity index (χ4v) is 3.15. The highest BCUT2D eigenvalue weighted by atomic mass is 35.5. The van der Waals surface area contributed by atoms with Crippen LogP contribution in [0.3, 0.4) is 0 Å². The van der Waals surface area contributed by atoms with Crippen LogP contribution in [0.5, 0.6) is 5.75 Å². The zero-order valence-electron chi connectivity index (χ0n) is 12.8. The Hall–Kier alpha value is -2.21. The molecule has 0 atom stereocenters. The molecule has 5 nitrogen and oxygen atoms in total. The SMILES string of the molecule is COc1ccccc1N1C(=O)C(Cl)=C(Nc2cc(Cl)cc(Cl)c2)C1=O. The van der Waals surface area contributed by atoms with Crippen LogP contribution in [-0.2, 0) is 9.59 Å². The highest BCUT2D eigenvalue weighted by Crippen LogP contribution is 2.35. The number of amides is 2. The van der Waals surface area contributed by atoms with Gasteiger partial charge < -0.3 is 10.1 Å². The Kier molecular flexibility index (Phi) is 4.90. The first kappa shape index (κ1) is 17.6. The minimum atomic E-state index is -0.646. The maximum Gasteiger partial charge on any atom is 0.283 e. The van der Waals surface area contributed by atoms with Crippen LogP contribution in [0.2, 0.25) is 10.0 Å². The van der Waals surface area contributed by atoms with Crippen molar-refractivity contribution >= 4 is 58.0 Å². The lowest BCUT2D eigenvalue weighted by Gasteiger charge is -2.17. The molecule has 1 heterocycles. The van der Waals surface area contributed by atoms with Gasteiger partial charge in [0.2, 0.25) is 0 Å². The Morgan fingerprint density at radius 1 is 0.960 bits per heavy atom. The molecule has 0 saturated heterocycles. The number of carbonyl (C=O) groups is 2. The lowest BCUT2D eigenvalue weighted by atomic mass is 10.2. The van der Waals surface area contributed by atoms with Crippen molar-refractivity contribution in [3.8, 4) is 5.75 Å². The van der Waals surface area contributed by atoms with Crippen LogP contribution >= 0.6 is 34.8 Å². The molecule has 0 saturated carbocycles. The number of halogens is 3. The molecule has 2 aromatic rings. The van der Waals surface area contributed by atoms with E-state index in [2.05, 4.69) is 5.32 Å². The zero-order valence-corrected chi connectivity index (χ0v) is 15.1. The molecule has 0 fully saturated rings. The van der Waals surface area contributed by atoms with Crippen molar-refractivity contribution < 1.29 is 14.3 Å². The maximum atomic E-state index is 12.7. The van der Waals surface area contributed by atoms with Gasteiger partial charge in [-0.2, -0.15) is 0 Å². The summed E-state index contributed by atoms with van der Waals surface area (Å²) in [7, 11) is 1.45. The van der Waals surface area contributed by atoms with E-state index in [4.69, 9.17) is 39.5 Å². The summed E-state index contributed by atoms with van der Waals surface area (Å²) >= 11 is 18.0. The second-order valence-corrected chi connectivity index (χ2v) is 6.34. The Balaban J connectivity index is 1.97. The molecule has 3 rings (SSSR count). The van der Waals surface area contributed by atoms with E-state index in [1.54, 1.807) is 42.5 Å². The number of benzene rings is 2. The van der Waals surface area contributed by atoms with Crippen molar-refractivity contribution in [2.24, 2.45) is 0 Å². The van der Waals surface area contributed by atoms with E-state index in [9.17, 15) is 9.59 Å². The van der Waals surface area contributed by atoms with E-state index in [0.717, 1.165) is 4.90 Å². The Labute approximate surface area is 158 Å². The fourth-order valence-electron chi connectivity index (χ4n) is 2.41. The number of hydrogen-bond acceptors (Lipinski definition) is 4. The van der Waals surface area contributed by atoms with Crippen LogP contribution < -0.4 is 15.0 Å².